The van der Waals surface area contributed by atoms with E-state index in [9.17, 15) is 9.59 Å². The molecule has 1 aliphatic heterocycles. The van der Waals surface area contributed by atoms with Crippen molar-refractivity contribution >= 4 is 17.9 Å². The number of carbonyl (C=O) groups is 2. The van der Waals surface area contributed by atoms with Gasteiger partial charge in [0.15, 0.2) is 0 Å². The fourth-order valence-electron chi connectivity index (χ4n) is 3.52. The van der Waals surface area contributed by atoms with E-state index in [2.05, 4.69) is 6.58 Å². The smallest absolute Gasteiger partial charge is 0.261 e. The number of methoxy groups -OCH3 is 2. The number of imide groups is 1. The minimum Gasteiger partial charge on any atom is -0.496 e. The van der Waals surface area contributed by atoms with Crippen molar-refractivity contribution in [3.05, 3.63) is 65.2 Å². The second-order valence-electron chi connectivity index (χ2n) is 6.40. The summed E-state index contributed by atoms with van der Waals surface area (Å²) in [5.41, 5.74) is 2.63. The number of hydrogen-bond acceptors (Lipinski definition) is 4. The molecule has 2 aromatic rings. The van der Waals surface area contributed by atoms with Crippen molar-refractivity contribution in [2.45, 2.75) is 25.8 Å². The Hall–Kier alpha value is -3.08. The highest BCUT2D eigenvalue weighted by Gasteiger charge is 2.39. The Morgan fingerprint density at radius 2 is 1.63 bits per heavy atom. The Labute approximate surface area is 159 Å². The fourth-order valence-corrected chi connectivity index (χ4v) is 3.52. The number of carbonyl (C=O) groups excluding carboxylic acids is 2. The van der Waals surface area contributed by atoms with Crippen molar-refractivity contribution in [2.75, 3.05) is 14.2 Å². The summed E-state index contributed by atoms with van der Waals surface area (Å²) in [5, 5.41) is 0. The van der Waals surface area contributed by atoms with Crippen molar-refractivity contribution in [3.8, 4) is 11.5 Å². The van der Waals surface area contributed by atoms with E-state index in [1.807, 2.05) is 19.1 Å². The molecule has 27 heavy (non-hydrogen) atoms. The molecule has 3 rings (SSSR count). The van der Waals surface area contributed by atoms with E-state index >= 15 is 0 Å². The molecular weight excluding hydrogens is 342 g/mol. The lowest BCUT2D eigenvalue weighted by Crippen LogP contribution is -2.40. The molecule has 1 aliphatic rings. The van der Waals surface area contributed by atoms with Gasteiger partial charge in [-0.05, 0) is 42.7 Å². The molecule has 0 N–H and O–H groups in total. The third-order valence-corrected chi connectivity index (χ3v) is 4.97. The van der Waals surface area contributed by atoms with Gasteiger partial charge in [0.1, 0.15) is 11.5 Å². The molecule has 0 aromatic heterocycles. The van der Waals surface area contributed by atoms with Crippen molar-refractivity contribution in [3.63, 3.8) is 0 Å². The topological polar surface area (TPSA) is 55.8 Å². The number of rotatable bonds is 7. The summed E-state index contributed by atoms with van der Waals surface area (Å²) in [6.45, 7) is 5.76. The van der Waals surface area contributed by atoms with Crippen LogP contribution in [0.25, 0.3) is 6.08 Å². The summed E-state index contributed by atoms with van der Waals surface area (Å²) in [6.07, 6.45) is 2.83. The first-order valence-electron chi connectivity index (χ1n) is 8.89. The largest absolute Gasteiger partial charge is 0.496 e. The normalized spacial score (nSPS) is 14.1. The quantitative estimate of drug-likeness (QED) is 0.697. The maximum atomic E-state index is 12.8. The highest BCUT2D eigenvalue weighted by molar-refractivity contribution is 6.21. The molecule has 0 saturated carbocycles. The predicted octanol–water partition coefficient (Wildman–Crippen LogP) is 3.96. The number of ether oxygens (including phenoxy) is 2. The van der Waals surface area contributed by atoms with E-state index in [0.717, 1.165) is 11.1 Å². The molecule has 0 saturated heterocycles. The van der Waals surface area contributed by atoms with Crippen molar-refractivity contribution < 1.29 is 19.1 Å². The van der Waals surface area contributed by atoms with Crippen LogP contribution in [0.15, 0.2) is 43.0 Å². The lowest BCUT2D eigenvalue weighted by atomic mass is 9.99. The molecule has 1 heterocycles. The van der Waals surface area contributed by atoms with Crippen molar-refractivity contribution in [2.24, 2.45) is 0 Å². The second-order valence-corrected chi connectivity index (χ2v) is 6.40. The minimum absolute atomic E-state index is 0.240. The monoisotopic (exact) mass is 365 g/mol. The van der Waals surface area contributed by atoms with Crippen LogP contribution < -0.4 is 9.47 Å². The van der Waals surface area contributed by atoms with Crippen LogP contribution in [-0.2, 0) is 6.42 Å². The molecule has 0 radical (unpaired) electrons. The Balaban J connectivity index is 1.96. The minimum atomic E-state index is -0.273. The molecule has 5 heteroatoms. The van der Waals surface area contributed by atoms with E-state index in [1.165, 1.54) is 4.90 Å². The van der Waals surface area contributed by atoms with Crippen LogP contribution in [0.3, 0.4) is 0 Å². The molecule has 140 valence electrons. The second kappa shape index (κ2) is 7.66. The van der Waals surface area contributed by atoms with Gasteiger partial charge in [0.2, 0.25) is 0 Å². The lowest BCUT2D eigenvalue weighted by Gasteiger charge is -2.26. The first-order chi connectivity index (χ1) is 13.0. The Morgan fingerprint density at radius 1 is 1.04 bits per heavy atom. The molecule has 0 aliphatic carbocycles. The number of hydrogen-bond donors (Lipinski definition) is 0. The number of benzene rings is 2. The lowest BCUT2D eigenvalue weighted by molar-refractivity contribution is 0.0579. The van der Waals surface area contributed by atoms with Crippen LogP contribution in [0.1, 0.15) is 45.2 Å². The Kier molecular flexibility index (Phi) is 5.31. The van der Waals surface area contributed by atoms with Gasteiger partial charge in [0.05, 0.1) is 25.3 Å². The van der Waals surface area contributed by atoms with Gasteiger partial charge in [0, 0.05) is 11.6 Å². The summed E-state index contributed by atoms with van der Waals surface area (Å²) in [7, 11) is 3.20. The van der Waals surface area contributed by atoms with Crippen LogP contribution in [0.2, 0.25) is 0 Å². The van der Waals surface area contributed by atoms with Crippen molar-refractivity contribution in [1.82, 2.24) is 4.90 Å². The molecule has 2 aromatic carbocycles. The van der Waals surface area contributed by atoms with E-state index in [1.54, 1.807) is 44.6 Å². The van der Waals surface area contributed by atoms with Gasteiger partial charge in [-0.25, -0.2) is 0 Å². The first kappa shape index (κ1) is 18.7. The van der Waals surface area contributed by atoms with Crippen LogP contribution in [0.4, 0.5) is 0 Å². The molecule has 0 fully saturated rings. The molecular formula is C22H23NO4. The standard InChI is InChI=1S/C22H23NO4/c1-5-14-12-20(27-4)15(13-19(14)26-3)11-16(6-2)23-21(24)17-9-7-8-10-18(17)22(23)25/h5,7-10,12-13,16H,1,6,11H2,2-4H3. The van der Waals surface area contributed by atoms with Crippen molar-refractivity contribution in [1.29, 1.82) is 0 Å². The third-order valence-electron chi connectivity index (χ3n) is 4.97. The first-order valence-corrected chi connectivity index (χ1v) is 8.89. The van der Waals surface area contributed by atoms with Crippen LogP contribution in [-0.4, -0.2) is 37.0 Å². The van der Waals surface area contributed by atoms with Gasteiger partial charge >= 0.3 is 0 Å². The average molecular weight is 365 g/mol. The van der Waals surface area contributed by atoms with Crippen LogP contribution >= 0.6 is 0 Å². The van der Waals surface area contributed by atoms with E-state index in [0.29, 0.717) is 35.5 Å². The Morgan fingerprint density at radius 3 is 2.11 bits per heavy atom. The zero-order chi connectivity index (χ0) is 19.6. The number of nitrogens with zero attached hydrogens (tertiary/aromatic N) is 1. The summed E-state index contributed by atoms with van der Waals surface area (Å²) in [6, 6.07) is 10.4. The Bertz CT molecular complexity index is 868. The maximum Gasteiger partial charge on any atom is 0.261 e. The molecule has 2 amide bonds. The van der Waals surface area contributed by atoms with Gasteiger partial charge < -0.3 is 9.47 Å². The fraction of sp³-hybridized carbons (Fsp3) is 0.273. The van der Waals surface area contributed by atoms with Gasteiger partial charge in [0.25, 0.3) is 11.8 Å². The molecule has 5 nitrogen and oxygen atoms in total. The van der Waals surface area contributed by atoms with Crippen LogP contribution in [0, 0.1) is 0 Å². The SMILES string of the molecule is C=Cc1cc(OC)c(CC(CC)N2C(=O)c3ccccc3C2=O)cc1OC. The zero-order valence-corrected chi connectivity index (χ0v) is 15.8. The summed E-state index contributed by atoms with van der Waals surface area (Å²) >= 11 is 0. The van der Waals surface area contributed by atoms with Crippen LogP contribution in [0.5, 0.6) is 11.5 Å². The maximum absolute atomic E-state index is 12.8. The van der Waals surface area contributed by atoms with Gasteiger partial charge in [-0.1, -0.05) is 31.7 Å². The third kappa shape index (κ3) is 3.21. The average Bonchev–Trinajstić information content (AvgIpc) is 2.96. The van der Waals surface area contributed by atoms with E-state index in [4.69, 9.17) is 9.47 Å². The van der Waals surface area contributed by atoms with Gasteiger partial charge in [-0.3, -0.25) is 14.5 Å². The molecule has 0 bridgehead atoms. The summed E-state index contributed by atoms with van der Waals surface area (Å²) < 4.78 is 11.0. The van der Waals surface area contributed by atoms with Gasteiger partial charge in [-0.15, -0.1) is 0 Å². The predicted molar refractivity (Wildman–Crippen MR) is 104 cm³/mol. The number of amides is 2. The zero-order valence-electron chi connectivity index (χ0n) is 15.8. The molecule has 1 unspecified atom stereocenters. The summed E-state index contributed by atoms with van der Waals surface area (Å²) in [5.74, 6) is 0.881. The van der Waals surface area contributed by atoms with E-state index < -0.39 is 0 Å². The number of fused-ring (bicyclic) bond motifs is 1. The molecule has 1 atom stereocenters. The van der Waals surface area contributed by atoms with E-state index in [-0.39, 0.29) is 17.9 Å². The highest BCUT2D eigenvalue weighted by atomic mass is 16.5. The molecule has 0 spiro atoms. The summed E-state index contributed by atoms with van der Waals surface area (Å²) in [4.78, 5) is 27.0. The highest BCUT2D eigenvalue weighted by Crippen LogP contribution is 2.33. The van der Waals surface area contributed by atoms with Gasteiger partial charge in [-0.2, -0.15) is 0 Å².